The molecule has 0 bridgehead atoms. The second kappa shape index (κ2) is 8.23. The minimum Gasteiger partial charge on any atom is -0.355 e. The zero-order chi connectivity index (χ0) is 14.6. The lowest BCUT2D eigenvalue weighted by molar-refractivity contribution is -0.130. The van der Waals surface area contributed by atoms with Crippen molar-refractivity contribution < 1.29 is 4.79 Å². The van der Waals surface area contributed by atoms with Crippen LogP contribution in [0.3, 0.4) is 0 Å². The van der Waals surface area contributed by atoms with Crippen LogP contribution in [0.5, 0.6) is 0 Å². The quantitative estimate of drug-likeness (QED) is 0.851. The van der Waals surface area contributed by atoms with Gasteiger partial charge in [0.25, 0.3) is 0 Å². The van der Waals surface area contributed by atoms with Crippen molar-refractivity contribution in [3.63, 3.8) is 0 Å². The molecule has 0 unspecified atom stereocenters. The summed E-state index contributed by atoms with van der Waals surface area (Å²) in [6.45, 7) is 1.00. The maximum atomic E-state index is 12.3. The van der Waals surface area contributed by atoms with Crippen LogP contribution in [0.4, 0.5) is 0 Å². The predicted octanol–water partition coefficient (Wildman–Crippen LogP) is 3.59. The summed E-state index contributed by atoms with van der Waals surface area (Å²) in [5.41, 5.74) is 6.44. The zero-order valence-corrected chi connectivity index (χ0v) is 14.2. The van der Waals surface area contributed by atoms with E-state index in [1.807, 2.05) is 12.1 Å². The third kappa shape index (κ3) is 4.49. The maximum absolute atomic E-state index is 12.3. The van der Waals surface area contributed by atoms with E-state index in [0.717, 1.165) is 31.2 Å². The fraction of sp³-hybridized carbons (Fsp3) is 0.533. The molecule has 0 aliphatic heterocycles. The third-order valence-corrected chi connectivity index (χ3v) is 4.72. The van der Waals surface area contributed by atoms with Crippen molar-refractivity contribution in [2.45, 2.75) is 32.1 Å². The first-order chi connectivity index (χ1) is 9.57. The van der Waals surface area contributed by atoms with Crippen LogP contribution in [0.15, 0.2) is 18.2 Å². The minimum atomic E-state index is -0.343. The predicted molar refractivity (Wildman–Crippen MR) is 90.4 cm³/mol. The van der Waals surface area contributed by atoms with Gasteiger partial charge in [0.05, 0.1) is 5.41 Å². The van der Waals surface area contributed by atoms with Crippen molar-refractivity contribution in [1.82, 2.24) is 5.32 Å². The molecule has 1 saturated carbocycles. The smallest absolute Gasteiger partial charge is 0.227 e. The molecule has 1 fully saturated rings. The summed E-state index contributed by atoms with van der Waals surface area (Å²) in [6.07, 6.45) is 4.68. The number of rotatable bonds is 5. The number of carbonyl (C=O) groups excluding carboxylic acids is 1. The normalized spacial score (nSPS) is 16.3. The summed E-state index contributed by atoms with van der Waals surface area (Å²) in [7, 11) is 0. The lowest BCUT2D eigenvalue weighted by Crippen LogP contribution is -2.44. The molecule has 6 heteroatoms. The van der Waals surface area contributed by atoms with Crippen LogP contribution < -0.4 is 11.1 Å². The van der Waals surface area contributed by atoms with Gasteiger partial charge in [-0.05, 0) is 37.0 Å². The summed E-state index contributed by atoms with van der Waals surface area (Å²) in [5.74, 6) is 0.0857. The van der Waals surface area contributed by atoms with Crippen LogP contribution in [-0.4, -0.2) is 19.0 Å². The first-order valence-corrected chi connectivity index (χ1v) is 7.75. The number of hydrogen-bond acceptors (Lipinski definition) is 2. The van der Waals surface area contributed by atoms with E-state index in [0.29, 0.717) is 29.6 Å². The van der Waals surface area contributed by atoms with Crippen molar-refractivity contribution in [2.24, 2.45) is 11.1 Å². The van der Waals surface area contributed by atoms with E-state index in [-0.39, 0.29) is 23.7 Å². The molecule has 1 aromatic carbocycles. The van der Waals surface area contributed by atoms with E-state index in [4.69, 9.17) is 28.9 Å². The highest BCUT2D eigenvalue weighted by molar-refractivity contribution is 6.35. The second-order valence-electron chi connectivity index (χ2n) is 5.43. The van der Waals surface area contributed by atoms with Gasteiger partial charge in [0.2, 0.25) is 5.91 Å². The molecule has 1 aliphatic rings. The topological polar surface area (TPSA) is 55.1 Å². The molecule has 0 aromatic heterocycles. The summed E-state index contributed by atoms with van der Waals surface area (Å²) >= 11 is 12.0. The molecule has 0 spiro atoms. The molecule has 3 nitrogen and oxygen atoms in total. The number of nitrogens with one attached hydrogen (secondary N) is 1. The first-order valence-electron chi connectivity index (χ1n) is 7.00. The standard InChI is InChI=1S/C15H20Cl2N2O.ClH/c16-12-4-3-11(13(17)9-12)5-8-19-14(20)15(10-18)6-1-2-7-15;/h3-4,9H,1-2,5-8,10,18H2,(H,19,20);1H. The van der Waals surface area contributed by atoms with Gasteiger partial charge < -0.3 is 11.1 Å². The maximum Gasteiger partial charge on any atom is 0.227 e. The molecule has 0 saturated heterocycles. The van der Waals surface area contributed by atoms with Gasteiger partial charge in [-0.1, -0.05) is 42.1 Å². The highest BCUT2D eigenvalue weighted by atomic mass is 35.5. The molecule has 118 valence electrons. The van der Waals surface area contributed by atoms with Crippen LogP contribution in [0, 0.1) is 5.41 Å². The molecule has 21 heavy (non-hydrogen) atoms. The minimum absolute atomic E-state index is 0. The molecule has 0 radical (unpaired) electrons. The molecular formula is C15H21Cl3N2O. The van der Waals surface area contributed by atoms with E-state index in [1.54, 1.807) is 6.07 Å². The Morgan fingerprint density at radius 2 is 1.95 bits per heavy atom. The molecule has 0 atom stereocenters. The largest absolute Gasteiger partial charge is 0.355 e. The van der Waals surface area contributed by atoms with Crippen LogP contribution in [0.1, 0.15) is 31.2 Å². The van der Waals surface area contributed by atoms with Crippen molar-refractivity contribution in [3.8, 4) is 0 Å². The SMILES string of the molecule is Cl.NCC1(C(=O)NCCc2ccc(Cl)cc2Cl)CCCC1. The number of carbonyl (C=O) groups is 1. The summed E-state index contributed by atoms with van der Waals surface area (Å²) < 4.78 is 0. The van der Waals surface area contributed by atoms with Gasteiger partial charge in [0.15, 0.2) is 0 Å². The molecule has 2 rings (SSSR count). The van der Waals surface area contributed by atoms with Gasteiger partial charge in [0, 0.05) is 23.1 Å². The van der Waals surface area contributed by atoms with Crippen LogP contribution in [-0.2, 0) is 11.2 Å². The second-order valence-corrected chi connectivity index (χ2v) is 6.28. The number of hydrogen-bond donors (Lipinski definition) is 2. The van der Waals surface area contributed by atoms with Crippen LogP contribution >= 0.6 is 35.6 Å². The van der Waals surface area contributed by atoms with Crippen LogP contribution in [0.2, 0.25) is 10.0 Å². The Morgan fingerprint density at radius 3 is 2.52 bits per heavy atom. The lowest BCUT2D eigenvalue weighted by atomic mass is 9.85. The summed E-state index contributed by atoms with van der Waals surface area (Å²) in [5, 5.41) is 4.26. The molecule has 1 aliphatic carbocycles. The van der Waals surface area contributed by atoms with Gasteiger partial charge in [-0.2, -0.15) is 0 Å². The Balaban J connectivity index is 0.00000220. The summed E-state index contributed by atoms with van der Waals surface area (Å²) in [4.78, 5) is 12.3. The van der Waals surface area contributed by atoms with Gasteiger partial charge in [0.1, 0.15) is 0 Å². The monoisotopic (exact) mass is 350 g/mol. The van der Waals surface area contributed by atoms with E-state index in [1.165, 1.54) is 0 Å². The van der Waals surface area contributed by atoms with Gasteiger partial charge >= 0.3 is 0 Å². The third-order valence-electron chi connectivity index (χ3n) is 4.13. The Bertz CT molecular complexity index is 488. The fourth-order valence-corrected chi connectivity index (χ4v) is 3.30. The van der Waals surface area contributed by atoms with E-state index < -0.39 is 0 Å². The Morgan fingerprint density at radius 1 is 1.29 bits per heavy atom. The van der Waals surface area contributed by atoms with E-state index in [2.05, 4.69) is 5.32 Å². The van der Waals surface area contributed by atoms with Crippen molar-refractivity contribution in [3.05, 3.63) is 33.8 Å². The van der Waals surface area contributed by atoms with E-state index in [9.17, 15) is 4.79 Å². The Labute approximate surface area is 142 Å². The van der Waals surface area contributed by atoms with Gasteiger partial charge in [-0.3, -0.25) is 4.79 Å². The number of nitrogens with two attached hydrogens (primary N) is 1. The summed E-state index contributed by atoms with van der Waals surface area (Å²) in [6, 6.07) is 5.42. The molecular weight excluding hydrogens is 331 g/mol. The van der Waals surface area contributed by atoms with Crippen molar-refractivity contribution in [1.29, 1.82) is 0 Å². The Hall–Kier alpha value is -0.480. The molecule has 3 N–H and O–H groups in total. The number of halogens is 3. The van der Waals surface area contributed by atoms with Gasteiger partial charge in [-0.25, -0.2) is 0 Å². The number of amides is 1. The molecule has 1 aromatic rings. The van der Waals surface area contributed by atoms with Crippen LogP contribution in [0.25, 0.3) is 0 Å². The first kappa shape index (κ1) is 18.6. The zero-order valence-electron chi connectivity index (χ0n) is 11.8. The lowest BCUT2D eigenvalue weighted by Gasteiger charge is -2.25. The molecule has 1 amide bonds. The van der Waals surface area contributed by atoms with Gasteiger partial charge in [-0.15, -0.1) is 12.4 Å². The van der Waals surface area contributed by atoms with Crippen molar-refractivity contribution >= 4 is 41.5 Å². The average Bonchev–Trinajstić information content (AvgIpc) is 2.91. The highest BCUT2D eigenvalue weighted by Gasteiger charge is 2.39. The van der Waals surface area contributed by atoms with E-state index >= 15 is 0 Å². The Kier molecular flexibility index (Phi) is 7.28. The highest BCUT2D eigenvalue weighted by Crippen LogP contribution is 2.37. The molecule has 0 heterocycles. The fourth-order valence-electron chi connectivity index (χ4n) is 2.80. The average molecular weight is 352 g/mol. The van der Waals surface area contributed by atoms with Crippen molar-refractivity contribution in [2.75, 3.05) is 13.1 Å². The number of benzene rings is 1.